The number of carbonyl (C=O) groups excluding carboxylic acids is 3. The Kier molecular flexibility index (Phi) is 3.65. The van der Waals surface area contributed by atoms with Crippen LogP contribution in [0.25, 0.3) is 0 Å². The summed E-state index contributed by atoms with van der Waals surface area (Å²) in [7, 11) is 0. The normalized spacial score (nSPS) is 24.2. The zero-order chi connectivity index (χ0) is 14.1. The first-order valence-electron chi connectivity index (χ1n) is 5.06. The van der Waals surface area contributed by atoms with Gasteiger partial charge in [-0.1, -0.05) is 0 Å². The Balaban J connectivity index is 2.71. The molecule has 1 saturated heterocycles. The van der Waals surface area contributed by atoms with Crippen LogP contribution in [0.1, 0.15) is 19.8 Å². The van der Waals surface area contributed by atoms with Crippen molar-refractivity contribution in [2.75, 3.05) is 0 Å². The highest BCUT2D eigenvalue weighted by atomic mass is 19.4. The average Bonchev–Trinajstić information content (AvgIpc) is 2.20. The highest BCUT2D eigenvalue weighted by Gasteiger charge is 2.54. The van der Waals surface area contributed by atoms with E-state index < -0.39 is 35.5 Å². The summed E-state index contributed by atoms with van der Waals surface area (Å²) in [6, 6.07) is -1.18. The van der Waals surface area contributed by atoms with Crippen LogP contribution in [0.15, 0.2) is 0 Å². The monoisotopic (exact) mass is 267 g/mol. The van der Waals surface area contributed by atoms with Crippen LogP contribution in [0, 0.1) is 0 Å². The third-order valence-corrected chi connectivity index (χ3v) is 2.61. The Labute approximate surface area is 100 Å². The van der Waals surface area contributed by atoms with Crippen molar-refractivity contribution in [1.82, 2.24) is 10.6 Å². The van der Waals surface area contributed by atoms with E-state index in [-0.39, 0.29) is 12.8 Å². The first kappa shape index (κ1) is 14.4. The van der Waals surface area contributed by atoms with Gasteiger partial charge in [-0.15, -0.1) is 0 Å². The van der Waals surface area contributed by atoms with Crippen LogP contribution in [0.4, 0.5) is 13.2 Å². The molecule has 9 heteroatoms. The van der Waals surface area contributed by atoms with Crippen molar-refractivity contribution in [2.24, 2.45) is 5.73 Å². The quantitative estimate of drug-likeness (QED) is 0.569. The van der Waals surface area contributed by atoms with Gasteiger partial charge in [0.1, 0.15) is 6.04 Å². The molecule has 1 rings (SSSR count). The lowest BCUT2D eigenvalue weighted by Gasteiger charge is -2.29. The first-order valence-corrected chi connectivity index (χ1v) is 5.06. The van der Waals surface area contributed by atoms with Crippen LogP contribution < -0.4 is 16.4 Å². The maximum Gasteiger partial charge on any atom is 0.415 e. The van der Waals surface area contributed by atoms with Gasteiger partial charge in [0.05, 0.1) is 0 Å². The molecule has 0 saturated carbocycles. The molecule has 6 nitrogen and oxygen atoms in total. The SMILES string of the molecule is CC(N)(C(=O)NC1CCC(=O)NC1=O)C(F)(F)F. The number of carbonyl (C=O) groups is 3. The predicted octanol–water partition coefficient (Wildman–Crippen LogP) is -0.813. The van der Waals surface area contributed by atoms with E-state index in [0.29, 0.717) is 6.92 Å². The second-order valence-corrected chi connectivity index (χ2v) is 4.18. The van der Waals surface area contributed by atoms with Crippen molar-refractivity contribution in [3.8, 4) is 0 Å². The molecule has 0 aromatic carbocycles. The second kappa shape index (κ2) is 4.56. The standard InChI is InChI=1S/C9H12F3N3O3/c1-8(13,9(10,11)12)7(18)14-4-2-3-5(16)15-6(4)17/h4H,2-3,13H2,1H3,(H,14,18)(H,15,16,17). The topological polar surface area (TPSA) is 101 Å². The fourth-order valence-electron chi connectivity index (χ4n) is 1.27. The summed E-state index contributed by atoms with van der Waals surface area (Å²) >= 11 is 0. The van der Waals surface area contributed by atoms with Gasteiger partial charge in [0.25, 0.3) is 0 Å². The Morgan fingerprint density at radius 1 is 1.44 bits per heavy atom. The van der Waals surface area contributed by atoms with Crippen LogP contribution in [0.5, 0.6) is 0 Å². The van der Waals surface area contributed by atoms with E-state index >= 15 is 0 Å². The molecule has 2 unspecified atom stereocenters. The molecular formula is C9H12F3N3O3. The molecule has 0 radical (unpaired) electrons. The van der Waals surface area contributed by atoms with Crippen molar-refractivity contribution in [3.05, 3.63) is 0 Å². The molecule has 102 valence electrons. The second-order valence-electron chi connectivity index (χ2n) is 4.18. The van der Waals surface area contributed by atoms with Crippen LogP contribution >= 0.6 is 0 Å². The summed E-state index contributed by atoms with van der Waals surface area (Å²) in [4.78, 5) is 33.4. The summed E-state index contributed by atoms with van der Waals surface area (Å²) in [6.07, 6.45) is -5.04. The largest absolute Gasteiger partial charge is 0.415 e. The van der Waals surface area contributed by atoms with Crippen LogP contribution in [-0.2, 0) is 14.4 Å². The molecule has 3 amide bonds. The van der Waals surface area contributed by atoms with Crippen molar-refractivity contribution in [3.63, 3.8) is 0 Å². The fraction of sp³-hybridized carbons (Fsp3) is 0.667. The summed E-state index contributed by atoms with van der Waals surface area (Å²) in [6.45, 7) is 0.508. The van der Waals surface area contributed by atoms with Gasteiger partial charge < -0.3 is 11.1 Å². The number of halogens is 3. The van der Waals surface area contributed by atoms with E-state index in [2.05, 4.69) is 0 Å². The maximum absolute atomic E-state index is 12.5. The van der Waals surface area contributed by atoms with Gasteiger partial charge in [-0.05, 0) is 13.3 Å². The number of amides is 3. The Morgan fingerprint density at radius 3 is 2.44 bits per heavy atom. The number of nitrogens with two attached hydrogens (primary N) is 1. The van der Waals surface area contributed by atoms with Crippen LogP contribution in [0.3, 0.4) is 0 Å². The number of hydrogen-bond donors (Lipinski definition) is 3. The number of rotatable bonds is 2. The van der Waals surface area contributed by atoms with Gasteiger partial charge in [0.2, 0.25) is 17.7 Å². The third kappa shape index (κ3) is 2.78. The third-order valence-electron chi connectivity index (χ3n) is 2.61. The summed E-state index contributed by atoms with van der Waals surface area (Å²) in [5.41, 5.74) is 1.80. The summed E-state index contributed by atoms with van der Waals surface area (Å²) < 4.78 is 37.4. The van der Waals surface area contributed by atoms with Crippen molar-refractivity contribution in [2.45, 2.75) is 37.5 Å². The molecule has 2 atom stereocenters. The van der Waals surface area contributed by atoms with Crippen molar-refractivity contribution >= 4 is 17.7 Å². The lowest BCUT2D eigenvalue weighted by Crippen LogP contribution is -2.64. The van der Waals surface area contributed by atoms with Gasteiger partial charge in [-0.25, -0.2) is 0 Å². The number of nitrogens with one attached hydrogen (secondary N) is 2. The van der Waals surface area contributed by atoms with Crippen LogP contribution in [0.2, 0.25) is 0 Å². The molecule has 1 aliphatic rings. The van der Waals surface area contributed by atoms with Gasteiger partial charge in [-0.3, -0.25) is 19.7 Å². The molecule has 0 spiro atoms. The highest BCUT2D eigenvalue weighted by Crippen LogP contribution is 2.28. The molecule has 1 aliphatic heterocycles. The molecule has 0 bridgehead atoms. The smallest absolute Gasteiger partial charge is 0.342 e. The maximum atomic E-state index is 12.5. The van der Waals surface area contributed by atoms with Gasteiger partial charge >= 0.3 is 6.18 Å². The van der Waals surface area contributed by atoms with Gasteiger partial charge in [0, 0.05) is 6.42 Å². The van der Waals surface area contributed by atoms with E-state index in [1.165, 1.54) is 0 Å². The number of piperidine rings is 1. The van der Waals surface area contributed by atoms with E-state index in [4.69, 9.17) is 5.73 Å². The molecule has 0 aromatic rings. The van der Waals surface area contributed by atoms with E-state index in [0.717, 1.165) is 0 Å². The lowest BCUT2D eigenvalue weighted by molar-refractivity contribution is -0.188. The fourth-order valence-corrected chi connectivity index (χ4v) is 1.27. The van der Waals surface area contributed by atoms with Gasteiger partial charge in [-0.2, -0.15) is 13.2 Å². The zero-order valence-electron chi connectivity index (χ0n) is 9.43. The first-order chi connectivity index (χ1) is 8.05. The minimum Gasteiger partial charge on any atom is -0.342 e. The predicted molar refractivity (Wildman–Crippen MR) is 53.0 cm³/mol. The highest BCUT2D eigenvalue weighted by molar-refractivity contribution is 6.02. The lowest BCUT2D eigenvalue weighted by atomic mass is 9.99. The van der Waals surface area contributed by atoms with Crippen molar-refractivity contribution in [1.29, 1.82) is 0 Å². The molecule has 0 aromatic heterocycles. The Morgan fingerprint density at radius 2 is 2.00 bits per heavy atom. The summed E-state index contributed by atoms with van der Waals surface area (Å²) in [5, 5.41) is 3.80. The number of hydrogen-bond acceptors (Lipinski definition) is 4. The Bertz CT molecular complexity index is 392. The minimum absolute atomic E-state index is 0.0512. The molecule has 4 N–H and O–H groups in total. The van der Waals surface area contributed by atoms with Crippen LogP contribution in [-0.4, -0.2) is 35.5 Å². The van der Waals surface area contributed by atoms with Gasteiger partial charge in [0.15, 0.2) is 5.54 Å². The number of imide groups is 1. The van der Waals surface area contributed by atoms with E-state index in [9.17, 15) is 27.6 Å². The molecule has 0 aliphatic carbocycles. The minimum atomic E-state index is -4.93. The number of alkyl halides is 3. The Hall–Kier alpha value is -1.64. The molecular weight excluding hydrogens is 255 g/mol. The van der Waals surface area contributed by atoms with E-state index in [1.807, 2.05) is 10.6 Å². The zero-order valence-corrected chi connectivity index (χ0v) is 9.43. The van der Waals surface area contributed by atoms with Crippen molar-refractivity contribution < 1.29 is 27.6 Å². The average molecular weight is 267 g/mol. The molecule has 1 fully saturated rings. The summed E-state index contributed by atoms with van der Waals surface area (Å²) in [5.74, 6) is -2.88. The molecule has 1 heterocycles. The molecule has 18 heavy (non-hydrogen) atoms. The van der Waals surface area contributed by atoms with E-state index in [1.54, 1.807) is 0 Å².